The molecule has 24 heavy (non-hydrogen) atoms. The van der Waals surface area contributed by atoms with Gasteiger partial charge in [-0.15, -0.1) is 11.8 Å². The molecule has 130 valence electrons. The summed E-state index contributed by atoms with van der Waals surface area (Å²) in [4.78, 5) is 36.8. The maximum absolute atomic E-state index is 12.3. The lowest BCUT2D eigenvalue weighted by atomic mass is 9.96. The van der Waals surface area contributed by atoms with Crippen LogP contribution < -0.4 is 5.32 Å². The minimum atomic E-state index is -0.913. The van der Waals surface area contributed by atoms with E-state index >= 15 is 0 Å². The fourth-order valence-corrected chi connectivity index (χ4v) is 3.23. The molecule has 1 aliphatic rings. The molecule has 0 aromatic heterocycles. The first-order valence-corrected chi connectivity index (χ1v) is 9.00. The molecule has 1 heterocycles. The average molecular weight is 350 g/mol. The van der Waals surface area contributed by atoms with Crippen molar-refractivity contribution in [2.75, 3.05) is 24.2 Å². The van der Waals surface area contributed by atoms with Crippen molar-refractivity contribution in [3.05, 3.63) is 30.3 Å². The Balaban J connectivity index is 1.75. The van der Waals surface area contributed by atoms with Gasteiger partial charge in [-0.2, -0.15) is 0 Å². The molecule has 1 aromatic rings. The van der Waals surface area contributed by atoms with E-state index in [1.54, 1.807) is 11.8 Å². The van der Waals surface area contributed by atoms with Crippen molar-refractivity contribution in [1.29, 1.82) is 0 Å². The van der Waals surface area contributed by atoms with Crippen LogP contribution in [0.15, 0.2) is 30.3 Å². The summed E-state index contributed by atoms with van der Waals surface area (Å²) in [6.45, 7) is 2.64. The molecule has 0 spiro atoms. The van der Waals surface area contributed by atoms with E-state index in [1.807, 2.05) is 30.3 Å². The van der Waals surface area contributed by atoms with Crippen LogP contribution in [0.5, 0.6) is 0 Å². The third-order valence-electron chi connectivity index (χ3n) is 4.06. The van der Waals surface area contributed by atoms with Gasteiger partial charge < -0.3 is 15.3 Å². The Labute approximate surface area is 145 Å². The lowest BCUT2D eigenvalue weighted by Gasteiger charge is -2.31. The van der Waals surface area contributed by atoms with E-state index < -0.39 is 11.2 Å². The summed E-state index contributed by atoms with van der Waals surface area (Å²) in [6.07, 6.45) is 1.26. The molecular formula is C17H22N2O4S. The molecule has 7 heteroatoms. The van der Waals surface area contributed by atoms with Crippen LogP contribution in [0.1, 0.15) is 19.8 Å². The normalized spacial score (nSPS) is 16.5. The van der Waals surface area contributed by atoms with E-state index in [4.69, 9.17) is 5.11 Å². The van der Waals surface area contributed by atoms with Gasteiger partial charge in [-0.05, 0) is 31.9 Å². The van der Waals surface area contributed by atoms with Crippen molar-refractivity contribution in [1.82, 2.24) is 4.90 Å². The van der Waals surface area contributed by atoms with Crippen LogP contribution in [0, 0.1) is 5.92 Å². The number of carbonyl (C=O) groups is 3. The molecule has 2 N–H and O–H groups in total. The number of nitrogens with zero attached hydrogens (tertiary/aromatic N) is 1. The number of amides is 2. The zero-order valence-corrected chi connectivity index (χ0v) is 14.4. The van der Waals surface area contributed by atoms with Crippen molar-refractivity contribution in [2.45, 2.75) is 25.0 Å². The fourth-order valence-electron chi connectivity index (χ4n) is 2.52. The highest BCUT2D eigenvalue weighted by Gasteiger charge is 2.27. The molecule has 1 fully saturated rings. The summed E-state index contributed by atoms with van der Waals surface area (Å²) >= 11 is 1.13. The Morgan fingerprint density at radius 1 is 1.25 bits per heavy atom. The van der Waals surface area contributed by atoms with E-state index in [0.29, 0.717) is 25.9 Å². The first kappa shape index (κ1) is 18.3. The van der Waals surface area contributed by atoms with Crippen LogP contribution in [0.25, 0.3) is 0 Å². The SMILES string of the molecule is C[C@@H](SCC(=O)N1CCC(C(=O)Nc2ccccc2)CC1)C(=O)O. The number of likely N-dealkylation sites (tertiary alicyclic amines) is 1. The van der Waals surface area contributed by atoms with Gasteiger partial charge in [-0.3, -0.25) is 14.4 Å². The molecule has 1 aromatic carbocycles. The van der Waals surface area contributed by atoms with Crippen LogP contribution >= 0.6 is 11.8 Å². The molecule has 0 unspecified atom stereocenters. The Hall–Kier alpha value is -2.02. The number of carboxylic acid groups (broad SMARTS) is 1. The standard InChI is InChI=1S/C17H22N2O4S/c1-12(17(22)23)24-11-15(20)19-9-7-13(8-10-19)16(21)18-14-5-3-2-4-6-14/h2-6,12-13H,7-11H2,1H3,(H,18,21)(H,22,23)/t12-/m1/s1. The molecule has 0 radical (unpaired) electrons. The Kier molecular flexibility index (Phi) is 6.66. The van der Waals surface area contributed by atoms with Crippen LogP contribution in [-0.2, 0) is 14.4 Å². The zero-order chi connectivity index (χ0) is 17.5. The van der Waals surface area contributed by atoms with Gasteiger partial charge in [0.2, 0.25) is 11.8 Å². The van der Waals surface area contributed by atoms with E-state index in [-0.39, 0.29) is 23.5 Å². The number of rotatable bonds is 6. The molecule has 1 atom stereocenters. The fraction of sp³-hybridized carbons (Fsp3) is 0.471. The van der Waals surface area contributed by atoms with E-state index in [1.165, 1.54) is 0 Å². The van der Waals surface area contributed by atoms with Gasteiger partial charge in [0.15, 0.2) is 0 Å². The number of hydrogen-bond acceptors (Lipinski definition) is 4. The number of benzene rings is 1. The summed E-state index contributed by atoms with van der Waals surface area (Å²) in [5.41, 5.74) is 0.778. The van der Waals surface area contributed by atoms with Gasteiger partial charge in [0, 0.05) is 24.7 Å². The van der Waals surface area contributed by atoms with Crippen LogP contribution in [0.4, 0.5) is 5.69 Å². The third kappa shape index (κ3) is 5.26. The lowest BCUT2D eigenvalue weighted by Crippen LogP contribution is -2.42. The van der Waals surface area contributed by atoms with Crippen molar-refractivity contribution in [3.8, 4) is 0 Å². The second-order valence-corrected chi connectivity index (χ2v) is 7.13. The van der Waals surface area contributed by atoms with Gasteiger partial charge in [0.1, 0.15) is 0 Å². The number of para-hydroxylation sites is 1. The first-order valence-electron chi connectivity index (χ1n) is 7.95. The third-order valence-corrected chi connectivity index (χ3v) is 5.18. The molecule has 2 rings (SSSR count). The molecule has 0 bridgehead atoms. The smallest absolute Gasteiger partial charge is 0.316 e. The highest BCUT2D eigenvalue weighted by Crippen LogP contribution is 2.21. The van der Waals surface area contributed by atoms with Crippen molar-refractivity contribution >= 4 is 35.2 Å². The van der Waals surface area contributed by atoms with Crippen molar-refractivity contribution in [3.63, 3.8) is 0 Å². The van der Waals surface area contributed by atoms with Gasteiger partial charge in [0.05, 0.1) is 11.0 Å². The second kappa shape index (κ2) is 8.73. The average Bonchev–Trinajstić information content (AvgIpc) is 2.60. The number of nitrogens with one attached hydrogen (secondary N) is 1. The maximum atomic E-state index is 12.3. The number of piperidine rings is 1. The molecular weight excluding hydrogens is 328 g/mol. The topological polar surface area (TPSA) is 86.7 Å². The number of aliphatic carboxylic acids is 1. The highest BCUT2D eigenvalue weighted by atomic mass is 32.2. The number of hydrogen-bond donors (Lipinski definition) is 2. The van der Waals surface area contributed by atoms with E-state index in [0.717, 1.165) is 17.4 Å². The zero-order valence-electron chi connectivity index (χ0n) is 13.6. The maximum Gasteiger partial charge on any atom is 0.316 e. The highest BCUT2D eigenvalue weighted by molar-refractivity contribution is 8.01. The van der Waals surface area contributed by atoms with Crippen molar-refractivity contribution < 1.29 is 19.5 Å². The molecule has 0 saturated carbocycles. The summed E-state index contributed by atoms with van der Waals surface area (Å²) in [6, 6.07) is 9.32. The molecule has 6 nitrogen and oxygen atoms in total. The van der Waals surface area contributed by atoms with E-state index in [2.05, 4.69) is 5.32 Å². The largest absolute Gasteiger partial charge is 0.480 e. The number of anilines is 1. The van der Waals surface area contributed by atoms with Gasteiger partial charge in [-0.25, -0.2) is 0 Å². The first-order chi connectivity index (χ1) is 11.5. The van der Waals surface area contributed by atoms with Crippen LogP contribution in [0.2, 0.25) is 0 Å². The summed E-state index contributed by atoms with van der Waals surface area (Å²) in [5.74, 6) is -0.921. The number of carboxylic acids is 1. The quantitative estimate of drug-likeness (QED) is 0.820. The molecule has 2 amide bonds. The second-order valence-electron chi connectivity index (χ2n) is 5.80. The van der Waals surface area contributed by atoms with Crippen LogP contribution in [0.3, 0.4) is 0 Å². The molecule has 1 saturated heterocycles. The Morgan fingerprint density at radius 3 is 2.46 bits per heavy atom. The van der Waals surface area contributed by atoms with Gasteiger partial charge >= 0.3 is 5.97 Å². The summed E-state index contributed by atoms with van der Waals surface area (Å²) < 4.78 is 0. The van der Waals surface area contributed by atoms with Gasteiger partial charge in [0.25, 0.3) is 0 Å². The van der Waals surface area contributed by atoms with Crippen LogP contribution in [-0.4, -0.2) is 51.9 Å². The number of thioether (sulfide) groups is 1. The summed E-state index contributed by atoms with van der Waals surface area (Å²) in [5, 5.41) is 11.1. The van der Waals surface area contributed by atoms with E-state index in [9.17, 15) is 14.4 Å². The Morgan fingerprint density at radius 2 is 1.88 bits per heavy atom. The Bertz CT molecular complexity index is 586. The molecule has 0 aliphatic carbocycles. The number of carbonyl (C=O) groups excluding carboxylic acids is 2. The minimum Gasteiger partial charge on any atom is -0.480 e. The lowest BCUT2D eigenvalue weighted by molar-refractivity contribution is -0.136. The minimum absolute atomic E-state index is 0.0119. The predicted molar refractivity (Wildman–Crippen MR) is 93.9 cm³/mol. The predicted octanol–water partition coefficient (Wildman–Crippen LogP) is 2.07. The van der Waals surface area contributed by atoms with Gasteiger partial charge in [-0.1, -0.05) is 18.2 Å². The molecule has 1 aliphatic heterocycles. The summed E-state index contributed by atoms with van der Waals surface area (Å²) in [7, 11) is 0. The van der Waals surface area contributed by atoms with Crippen molar-refractivity contribution in [2.24, 2.45) is 5.92 Å². The monoisotopic (exact) mass is 350 g/mol.